The maximum absolute atomic E-state index is 9.86. The van der Waals surface area contributed by atoms with Crippen molar-refractivity contribution in [2.45, 2.75) is 12.8 Å². The quantitative estimate of drug-likeness (QED) is 0.402. The molecule has 52 valence electrons. The summed E-state index contributed by atoms with van der Waals surface area (Å²) in [6, 6.07) is 0. The molecule has 0 atom stereocenters. The van der Waals surface area contributed by atoms with E-state index in [0.29, 0.717) is 0 Å². The first-order valence-electron chi connectivity index (χ1n) is 2.25. The van der Waals surface area contributed by atoms with E-state index in [4.69, 9.17) is 10.3 Å². The van der Waals surface area contributed by atoms with Gasteiger partial charge in [0.05, 0.1) is 6.42 Å². The van der Waals surface area contributed by atoms with Crippen LogP contribution >= 0.6 is 15.9 Å². The highest BCUT2D eigenvalue weighted by Gasteiger charge is 1.99. The van der Waals surface area contributed by atoms with Gasteiger partial charge in [0.1, 0.15) is 4.62 Å². The molecule has 0 heterocycles. The molecule has 0 aliphatic carbocycles. The molecule has 0 aliphatic heterocycles. The first-order valence-corrected chi connectivity index (χ1v) is 3.04. The van der Waals surface area contributed by atoms with Gasteiger partial charge in [-0.1, -0.05) is 5.16 Å². The van der Waals surface area contributed by atoms with E-state index in [1.807, 2.05) is 0 Å². The minimum Gasteiger partial charge on any atom is -0.481 e. The molecule has 0 amide bonds. The number of hydrogen-bond donors (Lipinski definition) is 2. The van der Waals surface area contributed by atoms with E-state index >= 15 is 0 Å². The van der Waals surface area contributed by atoms with Crippen molar-refractivity contribution in [3.8, 4) is 0 Å². The predicted octanol–water partition coefficient (Wildman–Crippen LogP) is 1.03. The number of carbonyl (C=O) groups is 1. The Morgan fingerprint density at radius 3 is 2.44 bits per heavy atom. The van der Waals surface area contributed by atoms with Crippen LogP contribution in [0.5, 0.6) is 0 Å². The largest absolute Gasteiger partial charge is 0.481 e. The number of rotatable bonds is 3. The lowest BCUT2D eigenvalue weighted by Crippen LogP contribution is -1.97. The van der Waals surface area contributed by atoms with E-state index in [0.717, 1.165) is 0 Å². The molecule has 2 N–H and O–H groups in total. The summed E-state index contributed by atoms with van der Waals surface area (Å²) in [5.74, 6) is -0.907. The van der Waals surface area contributed by atoms with Gasteiger partial charge >= 0.3 is 5.97 Å². The molecular formula is C4H6BrNO3. The average molecular weight is 196 g/mol. The molecule has 0 fully saturated rings. The van der Waals surface area contributed by atoms with E-state index in [1.54, 1.807) is 0 Å². The van der Waals surface area contributed by atoms with E-state index in [1.165, 1.54) is 0 Å². The van der Waals surface area contributed by atoms with Gasteiger partial charge < -0.3 is 10.3 Å². The number of oxime groups is 1. The molecule has 0 unspecified atom stereocenters. The summed E-state index contributed by atoms with van der Waals surface area (Å²) in [5.41, 5.74) is 0. The molecule has 0 aliphatic rings. The minimum atomic E-state index is -0.907. The maximum Gasteiger partial charge on any atom is 0.303 e. The van der Waals surface area contributed by atoms with Crippen LogP contribution in [0.2, 0.25) is 0 Å². The Hall–Kier alpha value is -0.580. The van der Waals surface area contributed by atoms with Crippen molar-refractivity contribution >= 4 is 26.5 Å². The zero-order valence-electron chi connectivity index (χ0n) is 4.54. The fourth-order valence-corrected chi connectivity index (χ4v) is 0.458. The second-order valence-electron chi connectivity index (χ2n) is 1.37. The van der Waals surface area contributed by atoms with Crippen molar-refractivity contribution in [3.05, 3.63) is 0 Å². The summed E-state index contributed by atoms with van der Waals surface area (Å²) < 4.78 is 0.255. The fourth-order valence-electron chi connectivity index (χ4n) is 0.260. The third kappa shape index (κ3) is 5.29. The average Bonchev–Trinajstić information content (AvgIpc) is 1.83. The van der Waals surface area contributed by atoms with E-state index in [9.17, 15) is 4.79 Å². The predicted molar refractivity (Wildman–Crippen MR) is 35.0 cm³/mol. The summed E-state index contributed by atoms with van der Waals surface area (Å²) in [6.07, 6.45) is 0.205. The van der Waals surface area contributed by atoms with Crippen molar-refractivity contribution in [2.24, 2.45) is 5.16 Å². The fraction of sp³-hybridized carbons (Fsp3) is 0.500. The minimum absolute atomic E-state index is 0.0232. The maximum atomic E-state index is 9.86. The molecular weight excluding hydrogens is 190 g/mol. The lowest BCUT2D eigenvalue weighted by molar-refractivity contribution is -0.136. The third-order valence-corrected chi connectivity index (χ3v) is 1.21. The Kier molecular flexibility index (Phi) is 4.04. The number of aliphatic carboxylic acids is 1. The van der Waals surface area contributed by atoms with Gasteiger partial charge in [0.15, 0.2) is 0 Å². The summed E-state index contributed by atoms with van der Waals surface area (Å²) in [4.78, 5) is 9.86. The van der Waals surface area contributed by atoms with Crippen molar-refractivity contribution in [1.82, 2.24) is 0 Å². The van der Waals surface area contributed by atoms with E-state index in [-0.39, 0.29) is 17.5 Å². The van der Waals surface area contributed by atoms with Gasteiger partial charge in [-0.15, -0.1) is 0 Å². The van der Waals surface area contributed by atoms with Gasteiger partial charge in [-0.05, 0) is 15.9 Å². The molecule has 0 aromatic heterocycles. The molecule has 0 saturated carbocycles. The molecule has 0 saturated heterocycles. The lowest BCUT2D eigenvalue weighted by Gasteiger charge is -1.89. The Balaban J connectivity index is 3.39. The topological polar surface area (TPSA) is 69.9 Å². The van der Waals surface area contributed by atoms with Crippen LogP contribution in [0.25, 0.3) is 0 Å². The van der Waals surface area contributed by atoms with Gasteiger partial charge in [-0.2, -0.15) is 0 Å². The number of carboxylic acids is 1. The normalized spacial score (nSPS) is 11.4. The summed E-state index contributed by atoms with van der Waals surface area (Å²) in [5, 5.41) is 18.8. The molecule has 5 heteroatoms. The first-order chi connectivity index (χ1) is 4.16. The SMILES string of the molecule is O=C(O)CCC(Br)=NO. The second kappa shape index (κ2) is 4.31. The molecule has 9 heavy (non-hydrogen) atoms. The highest BCUT2D eigenvalue weighted by Crippen LogP contribution is 1.98. The molecule has 4 nitrogen and oxygen atoms in total. The molecule has 0 aromatic rings. The molecule has 0 aromatic carbocycles. The van der Waals surface area contributed by atoms with Crippen molar-refractivity contribution < 1.29 is 15.1 Å². The molecule has 0 radical (unpaired) electrons. The third-order valence-electron chi connectivity index (χ3n) is 0.654. The van der Waals surface area contributed by atoms with Gasteiger partial charge in [0, 0.05) is 6.42 Å². The van der Waals surface area contributed by atoms with E-state index < -0.39 is 5.97 Å². The van der Waals surface area contributed by atoms with Gasteiger partial charge in [-0.3, -0.25) is 4.79 Å². The zero-order valence-corrected chi connectivity index (χ0v) is 6.13. The van der Waals surface area contributed by atoms with E-state index in [2.05, 4.69) is 21.1 Å². The zero-order chi connectivity index (χ0) is 7.28. The standard InChI is InChI=1S/C4H6BrNO3/c5-3(6-9)1-2-4(7)8/h9H,1-2H2,(H,7,8). The second-order valence-corrected chi connectivity index (χ2v) is 2.29. The number of hydrogen-bond acceptors (Lipinski definition) is 3. The highest BCUT2D eigenvalue weighted by molar-refractivity contribution is 9.18. The van der Waals surface area contributed by atoms with Crippen LogP contribution < -0.4 is 0 Å². The van der Waals surface area contributed by atoms with Crippen molar-refractivity contribution in [3.63, 3.8) is 0 Å². The Labute approximate surface area is 60.3 Å². The van der Waals surface area contributed by atoms with Crippen LogP contribution in [0, 0.1) is 0 Å². The van der Waals surface area contributed by atoms with Crippen LogP contribution in [0.1, 0.15) is 12.8 Å². The molecule has 0 spiro atoms. The van der Waals surface area contributed by atoms with Crippen LogP contribution in [0.4, 0.5) is 0 Å². The molecule has 0 rings (SSSR count). The summed E-state index contributed by atoms with van der Waals surface area (Å²) in [7, 11) is 0. The Morgan fingerprint density at radius 1 is 1.56 bits per heavy atom. The summed E-state index contributed by atoms with van der Waals surface area (Å²) >= 11 is 2.84. The van der Waals surface area contributed by atoms with Crippen molar-refractivity contribution in [2.75, 3.05) is 0 Å². The van der Waals surface area contributed by atoms with Gasteiger partial charge in [0.25, 0.3) is 0 Å². The van der Waals surface area contributed by atoms with Crippen LogP contribution in [0.15, 0.2) is 5.16 Å². The number of nitrogens with zero attached hydrogens (tertiary/aromatic N) is 1. The monoisotopic (exact) mass is 195 g/mol. The smallest absolute Gasteiger partial charge is 0.303 e. The molecule has 0 bridgehead atoms. The van der Waals surface area contributed by atoms with Gasteiger partial charge in [0.2, 0.25) is 0 Å². The lowest BCUT2D eigenvalue weighted by atomic mass is 10.3. The van der Waals surface area contributed by atoms with Crippen LogP contribution in [0.3, 0.4) is 0 Å². The number of halogens is 1. The number of carboxylic acid groups (broad SMARTS) is 1. The summed E-state index contributed by atoms with van der Waals surface area (Å²) in [6.45, 7) is 0. The Morgan fingerprint density at radius 2 is 2.11 bits per heavy atom. The van der Waals surface area contributed by atoms with Crippen LogP contribution in [-0.4, -0.2) is 20.9 Å². The van der Waals surface area contributed by atoms with Crippen molar-refractivity contribution in [1.29, 1.82) is 0 Å². The first kappa shape index (κ1) is 8.42. The Bertz CT molecular complexity index is 134. The van der Waals surface area contributed by atoms with Crippen LogP contribution in [-0.2, 0) is 4.79 Å². The highest BCUT2D eigenvalue weighted by atomic mass is 79.9. The van der Waals surface area contributed by atoms with Gasteiger partial charge in [-0.25, -0.2) is 0 Å².